The molecule has 2 aromatic carbocycles. The van der Waals surface area contributed by atoms with E-state index >= 15 is 0 Å². The van der Waals surface area contributed by atoms with Crippen molar-refractivity contribution in [3.05, 3.63) is 69.5 Å². The van der Waals surface area contributed by atoms with Crippen molar-refractivity contribution in [2.24, 2.45) is 0 Å². The number of nitrogens with one attached hydrogen (secondary N) is 1. The van der Waals surface area contributed by atoms with Crippen molar-refractivity contribution < 1.29 is 9.31 Å². The molecule has 4 nitrogen and oxygen atoms in total. The van der Waals surface area contributed by atoms with Crippen molar-refractivity contribution in [3.63, 3.8) is 0 Å². The van der Waals surface area contributed by atoms with E-state index < -0.39 is 4.92 Å². The fourth-order valence-electron chi connectivity index (χ4n) is 2.21. The van der Waals surface area contributed by atoms with Crippen molar-refractivity contribution in [1.29, 1.82) is 0 Å². The second-order valence-corrected chi connectivity index (χ2v) is 4.92. The van der Waals surface area contributed by atoms with Gasteiger partial charge in [0.05, 0.1) is 11.0 Å². The van der Waals surface area contributed by atoms with E-state index in [2.05, 4.69) is 5.32 Å². The predicted molar refractivity (Wildman–Crippen MR) is 80.9 cm³/mol. The van der Waals surface area contributed by atoms with Crippen molar-refractivity contribution >= 4 is 11.4 Å². The van der Waals surface area contributed by atoms with E-state index in [9.17, 15) is 14.5 Å². The van der Waals surface area contributed by atoms with Crippen LogP contribution in [0.5, 0.6) is 0 Å². The largest absolute Gasteiger partial charge is 0.378 e. The summed E-state index contributed by atoms with van der Waals surface area (Å²) in [5.74, 6) is -0.308. The molecule has 0 bridgehead atoms. The fraction of sp³-hybridized carbons (Fsp3) is 0.250. The molecule has 0 aliphatic carbocycles. The first-order chi connectivity index (χ1) is 10.0. The molecule has 0 saturated heterocycles. The highest BCUT2D eigenvalue weighted by Gasteiger charge is 2.14. The third-order valence-electron chi connectivity index (χ3n) is 3.42. The van der Waals surface area contributed by atoms with Gasteiger partial charge in [0.1, 0.15) is 5.82 Å². The highest BCUT2D eigenvalue weighted by atomic mass is 19.1. The second-order valence-electron chi connectivity index (χ2n) is 4.92. The van der Waals surface area contributed by atoms with Gasteiger partial charge in [-0.25, -0.2) is 4.39 Å². The van der Waals surface area contributed by atoms with Crippen LogP contribution >= 0.6 is 0 Å². The maximum Gasteiger partial charge on any atom is 0.269 e. The molecule has 21 heavy (non-hydrogen) atoms. The Morgan fingerprint density at radius 2 is 2.05 bits per heavy atom. The molecule has 0 fully saturated rings. The Morgan fingerprint density at radius 1 is 1.29 bits per heavy atom. The minimum atomic E-state index is -0.413. The molecule has 110 valence electrons. The van der Waals surface area contributed by atoms with Gasteiger partial charge in [0, 0.05) is 17.8 Å². The van der Waals surface area contributed by atoms with E-state index in [0.717, 1.165) is 17.5 Å². The summed E-state index contributed by atoms with van der Waals surface area (Å²) in [5, 5.41) is 14.1. The van der Waals surface area contributed by atoms with Gasteiger partial charge in [-0.05, 0) is 36.6 Å². The summed E-state index contributed by atoms with van der Waals surface area (Å²) >= 11 is 0. The summed E-state index contributed by atoms with van der Waals surface area (Å²) < 4.78 is 13.3. The standard InChI is InChI=1S/C16H17FN2O2/c1-3-15(12-5-4-6-14(9-12)19(20)21)18-16-10-13(17)8-7-11(16)2/h4-10,15,18H,3H2,1-2H3. The van der Waals surface area contributed by atoms with E-state index in [4.69, 9.17) is 0 Å². The number of non-ortho nitro benzene ring substituents is 1. The fourth-order valence-corrected chi connectivity index (χ4v) is 2.21. The summed E-state index contributed by atoms with van der Waals surface area (Å²) in [5.41, 5.74) is 2.51. The zero-order chi connectivity index (χ0) is 15.4. The van der Waals surface area contributed by atoms with Gasteiger partial charge in [-0.1, -0.05) is 25.1 Å². The van der Waals surface area contributed by atoms with Gasteiger partial charge >= 0.3 is 0 Å². The van der Waals surface area contributed by atoms with Gasteiger partial charge in [0.25, 0.3) is 5.69 Å². The lowest BCUT2D eigenvalue weighted by molar-refractivity contribution is -0.384. The monoisotopic (exact) mass is 288 g/mol. The van der Waals surface area contributed by atoms with Gasteiger partial charge in [-0.3, -0.25) is 10.1 Å². The number of nitrogens with zero attached hydrogens (tertiary/aromatic N) is 1. The van der Waals surface area contributed by atoms with Gasteiger partial charge < -0.3 is 5.32 Å². The quantitative estimate of drug-likeness (QED) is 0.646. The number of anilines is 1. The highest BCUT2D eigenvalue weighted by Crippen LogP contribution is 2.27. The average molecular weight is 288 g/mol. The van der Waals surface area contributed by atoms with E-state index in [0.29, 0.717) is 5.69 Å². The lowest BCUT2D eigenvalue weighted by atomic mass is 10.0. The van der Waals surface area contributed by atoms with Crippen LogP contribution in [-0.4, -0.2) is 4.92 Å². The van der Waals surface area contributed by atoms with Crippen LogP contribution < -0.4 is 5.32 Å². The van der Waals surface area contributed by atoms with Crippen LogP contribution in [0.25, 0.3) is 0 Å². The first kappa shape index (κ1) is 15.0. The first-order valence-electron chi connectivity index (χ1n) is 6.78. The van der Waals surface area contributed by atoms with E-state index in [1.807, 2.05) is 19.9 Å². The number of rotatable bonds is 5. The van der Waals surface area contributed by atoms with Gasteiger partial charge in [-0.15, -0.1) is 0 Å². The maximum atomic E-state index is 13.3. The Kier molecular flexibility index (Phi) is 4.52. The van der Waals surface area contributed by atoms with Crippen molar-refractivity contribution in [2.45, 2.75) is 26.3 Å². The molecule has 0 heterocycles. The summed E-state index contributed by atoms with van der Waals surface area (Å²) in [4.78, 5) is 10.4. The van der Waals surface area contributed by atoms with Gasteiger partial charge in [0.2, 0.25) is 0 Å². The molecular weight excluding hydrogens is 271 g/mol. The van der Waals surface area contributed by atoms with Crippen LogP contribution in [0, 0.1) is 22.9 Å². The van der Waals surface area contributed by atoms with Crippen molar-refractivity contribution in [1.82, 2.24) is 0 Å². The Morgan fingerprint density at radius 3 is 2.71 bits per heavy atom. The maximum absolute atomic E-state index is 13.3. The van der Waals surface area contributed by atoms with Crippen LogP contribution in [0.15, 0.2) is 42.5 Å². The third-order valence-corrected chi connectivity index (χ3v) is 3.42. The Balaban J connectivity index is 2.29. The van der Waals surface area contributed by atoms with Crippen LogP contribution in [0.1, 0.15) is 30.5 Å². The number of hydrogen-bond acceptors (Lipinski definition) is 3. The molecule has 5 heteroatoms. The van der Waals surface area contributed by atoms with Gasteiger partial charge in [0.15, 0.2) is 0 Å². The molecule has 2 rings (SSSR count). The molecule has 0 radical (unpaired) electrons. The Hall–Kier alpha value is -2.43. The molecule has 0 spiro atoms. The smallest absolute Gasteiger partial charge is 0.269 e. The number of halogens is 1. The summed E-state index contributed by atoms with van der Waals surface area (Å²) in [6, 6.07) is 11.0. The molecule has 2 aromatic rings. The van der Waals surface area contributed by atoms with Crippen LogP contribution in [-0.2, 0) is 0 Å². The normalized spacial score (nSPS) is 12.0. The topological polar surface area (TPSA) is 55.2 Å². The number of benzene rings is 2. The predicted octanol–water partition coefficient (Wildman–Crippen LogP) is 4.61. The lowest BCUT2D eigenvalue weighted by Gasteiger charge is -2.20. The van der Waals surface area contributed by atoms with Crippen molar-refractivity contribution in [3.8, 4) is 0 Å². The van der Waals surface area contributed by atoms with Crippen LogP contribution in [0.4, 0.5) is 15.8 Å². The molecular formula is C16H17FN2O2. The lowest BCUT2D eigenvalue weighted by Crippen LogP contribution is -2.11. The second kappa shape index (κ2) is 6.35. The molecule has 1 unspecified atom stereocenters. The summed E-state index contributed by atoms with van der Waals surface area (Å²) in [7, 11) is 0. The van der Waals surface area contributed by atoms with Crippen LogP contribution in [0.2, 0.25) is 0 Å². The Labute approximate surface area is 122 Å². The zero-order valence-corrected chi connectivity index (χ0v) is 12.0. The number of aryl methyl sites for hydroxylation is 1. The number of nitro benzene ring substituents is 1. The van der Waals surface area contributed by atoms with Crippen molar-refractivity contribution in [2.75, 3.05) is 5.32 Å². The molecule has 1 atom stereocenters. The molecule has 0 aliphatic heterocycles. The highest BCUT2D eigenvalue weighted by molar-refractivity contribution is 5.53. The summed E-state index contributed by atoms with van der Waals surface area (Å²) in [6.45, 7) is 3.87. The SMILES string of the molecule is CCC(Nc1cc(F)ccc1C)c1cccc([N+](=O)[O-])c1. The van der Waals surface area contributed by atoms with E-state index in [-0.39, 0.29) is 17.5 Å². The average Bonchev–Trinajstić information content (AvgIpc) is 2.48. The van der Waals surface area contributed by atoms with E-state index in [1.165, 1.54) is 18.2 Å². The van der Waals surface area contributed by atoms with Crippen LogP contribution in [0.3, 0.4) is 0 Å². The molecule has 0 saturated carbocycles. The minimum absolute atomic E-state index is 0.0590. The molecule has 1 N–H and O–H groups in total. The number of hydrogen-bond donors (Lipinski definition) is 1. The Bertz CT molecular complexity index is 658. The zero-order valence-electron chi connectivity index (χ0n) is 12.0. The minimum Gasteiger partial charge on any atom is -0.378 e. The number of nitro groups is 1. The first-order valence-corrected chi connectivity index (χ1v) is 6.78. The molecule has 0 amide bonds. The molecule has 0 aromatic heterocycles. The van der Waals surface area contributed by atoms with Gasteiger partial charge in [-0.2, -0.15) is 0 Å². The summed E-state index contributed by atoms with van der Waals surface area (Å²) in [6.07, 6.45) is 0.733. The molecule has 0 aliphatic rings. The van der Waals surface area contributed by atoms with E-state index in [1.54, 1.807) is 18.2 Å². The third kappa shape index (κ3) is 3.56.